The van der Waals surface area contributed by atoms with E-state index < -0.39 is 17.7 Å². The maximum atomic E-state index is 13.2. The van der Waals surface area contributed by atoms with E-state index in [0.29, 0.717) is 16.6 Å². The highest BCUT2D eigenvalue weighted by molar-refractivity contribution is 6.04. The molecule has 0 unspecified atom stereocenters. The lowest BCUT2D eigenvalue weighted by molar-refractivity contribution is -0.137. The lowest BCUT2D eigenvalue weighted by atomic mass is 10.1. The minimum Gasteiger partial charge on any atom is -0.480 e. The molecule has 3 rings (SSSR count). The van der Waals surface area contributed by atoms with Crippen molar-refractivity contribution in [3.8, 4) is 6.07 Å². The van der Waals surface area contributed by atoms with Crippen molar-refractivity contribution in [2.75, 3.05) is 0 Å². The normalized spacial score (nSPS) is 11.2. The smallest absolute Gasteiger partial charge is 0.323 e. The summed E-state index contributed by atoms with van der Waals surface area (Å²) < 4.78 is 14.8. The molecule has 0 saturated carbocycles. The predicted molar refractivity (Wildman–Crippen MR) is 101 cm³/mol. The number of nitriles is 1. The molecular weight excluding hydrogens is 361 g/mol. The van der Waals surface area contributed by atoms with Crippen LogP contribution < -0.4 is 5.32 Å². The summed E-state index contributed by atoms with van der Waals surface area (Å²) >= 11 is 0. The van der Waals surface area contributed by atoms with Gasteiger partial charge in [0.2, 0.25) is 0 Å². The van der Waals surface area contributed by atoms with Crippen molar-refractivity contribution in [1.82, 2.24) is 9.88 Å². The Hall–Kier alpha value is -3.92. The van der Waals surface area contributed by atoms with Crippen molar-refractivity contribution in [1.29, 1.82) is 5.26 Å². The van der Waals surface area contributed by atoms with E-state index in [9.17, 15) is 19.2 Å². The zero-order chi connectivity index (χ0) is 20.1. The second-order valence-corrected chi connectivity index (χ2v) is 6.11. The number of amides is 1. The number of fused-ring (bicyclic) bond motifs is 1. The lowest BCUT2D eigenvalue weighted by Crippen LogP contribution is -2.24. The van der Waals surface area contributed by atoms with Crippen LogP contribution in [-0.2, 0) is 22.7 Å². The van der Waals surface area contributed by atoms with Gasteiger partial charge in [0, 0.05) is 29.2 Å². The Balaban J connectivity index is 1.87. The highest BCUT2D eigenvalue weighted by Gasteiger charge is 2.13. The molecule has 1 aromatic heterocycles. The number of carbonyl (C=O) groups excluding carboxylic acids is 1. The number of benzene rings is 2. The average Bonchev–Trinajstić information content (AvgIpc) is 3.01. The Bertz CT molecular complexity index is 1130. The van der Waals surface area contributed by atoms with E-state index >= 15 is 0 Å². The Morgan fingerprint density at radius 3 is 2.71 bits per heavy atom. The van der Waals surface area contributed by atoms with Crippen molar-refractivity contribution in [3.05, 3.63) is 77.2 Å². The summed E-state index contributed by atoms with van der Waals surface area (Å²) in [4.78, 5) is 23.4. The zero-order valence-electron chi connectivity index (χ0n) is 14.7. The van der Waals surface area contributed by atoms with Crippen LogP contribution in [0.2, 0.25) is 0 Å². The third-order valence-corrected chi connectivity index (χ3v) is 4.13. The number of rotatable bonds is 6. The molecule has 3 aromatic rings. The van der Waals surface area contributed by atoms with E-state index in [1.165, 1.54) is 24.3 Å². The van der Waals surface area contributed by atoms with E-state index in [0.717, 1.165) is 5.39 Å². The largest absolute Gasteiger partial charge is 0.480 e. The van der Waals surface area contributed by atoms with Gasteiger partial charge in [-0.15, -0.1) is 0 Å². The zero-order valence-corrected chi connectivity index (χ0v) is 14.7. The summed E-state index contributed by atoms with van der Waals surface area (Å²) in [5.41, 5.74) is 1.70. The summed E-state index contributed by atoms with van der Waals surface area (Å²) in [6.45, 7) is -0.154. The molecule has 0 aliphatic carbocycles. The van der Waals surface area contributed by atoms with Crippen molar-refractivity contribution in [3.63, 3.8) is 0 Å². The maximum absolute atomic E-state index is 13.2. The van der Waals surface area contributed by atoms with Gasteiger partial charge in [-0.1, -0.05) is 30.3 Å². The number of carboxylic acids is 1. The molecule has 0 saturated heterocycles. The number of aromatic nitrogens is 1. The minimum absolute atomic E-state index is 0.0797. The van der Waals surface area contributed by atoms with Gasteiger partial charge in [-0.05, 0) is 29.8 Å². The molecule has 1 heterocycles. The van der Waals surface area contributed by atoms with E-state index in [4.69, 9.17) is 5.11 Å². The van der Waals surface area contributed by atoms with Crippen LogP contribution in [0.5, 0.6) is 0 Å². The van der Waals surface area contributed by atoms with Crippen molar-refractivity contribution >= 4 is 28.9 Å². The number of nitrogens with one attached hydrogen (secondary N) is 1. The van der Waals surface area contributed by atoms with Gasteiger partial charge in [-0.3, -0.25) is 9.59 Å². The summed E-state index contributed by atoms with van der Waals surface area (Å²) in [5.74, 6) is -2.00. The Morgan fingerprint density at radius 2 is 2.00 bits per heavy atom. The summed E-state index contributed by atoms with van der Waals surface area (Å²) in [7, 11) is 0. The molecule has 0 bridgehead atoms. The van der Waals surface area contributed by atoms with Crippen LogP contribution >= 0.6 is 0 Å². The molecule has 0 fully saturated rings. The molecule has 0 spiro atoms. The number of hydrogen-bond donors (Lipinski definition) is 2. The first kappa shape index (κ1) is 18.9. The summed E-state index contributed by atoms with van der Waals surface area (Å²) in [6.07, 6.45) is 3.01. The molecule has 140 valence electrons. The van der Waals surface area contributed by atoms with Crippen molar-refractivity contribution in [2.45, 2.75) is 13.1 Å². The number of carbonyl (C=O) groups is 2. The molecule has 0 radical (unpaired) electrons. The second kappa shape index (κ2) is 8.18. The van der Waals surface area contributed by atoms with Crippen LogP contribution in [0.1, 0.15) is 11.1 Å². The minimum atomic E-state index is -0.996. The summed E-state index contributed by atoms with van der Waals surface area (Å²) in [6, 6.07) is 14.8. The Morgan fingerprint density at radius 1 is 1.21 bits per heavy atom. The first-order chi connectivity index (χ1) is 13.5. The van der Waals surface area contributed by atoms with E-state index in [1.54, 1.807) is 41.1 Å². The highest BCUT2D eigenvalue weighted by atomic mass is 19.1. The van der Waals surface area contributed by atoms with E-state index in [-0.39, 0.29) is 18.7 Å². The Kier molecular flexibility index (Phi) is 5.51. The molecule has 0 aliphatic heterocycles. The van der Waals surface area contributed by atoms with Crippen LogP contribution in [0.4, 0.5) is 4.39 Å². The fourth-order valence-corrected chi connectivity index (χ4v) is 2.90. The van der Waals surface area contributed by atoms with E-state index in [1.807, 2.05) is 6.07 Å². The number of nitrogens with zero attached hydrogens (tertiary/aromatic N) is 2. The fraction of sp³-hybridized carbons (Fsp3) is 0.0952. The molecular formula is C21H16FN3O3. The monoisotopic (exact) mass is 377 g/mol. The van der Waals surface area contributed by atoms with Crippen molar-refractivity contribution in [2.24, 2.45) is 0 Å². The van der Waals surface area contributed by atoms with Crippen LogP contribution in [0.3, 0.4) is 0 Å². The third-order valence-electron chi connectivity index (χ3n) is 4.13. The van der Waals surface area contributed by atoms with Crippen LogP contribution in [0, 0.1) is 17.1 Å². The molecule has 28 heavy (non-hydrogen) atoms. The third kappa shape index (κ3) is 4.24. The predicted octanol–water partition coefficient (Wildman–Crippen LogP) is 3.09. The molecule has 2 N–H and O–H groups in total. The standard InChI is InChI=1S/C21H16FN3O3/c22-17-5-3-4-14(8-17)11-24-21(28)15(10-23)9-16-12-25(13-20(26)27)19-7-2-1-6-18(16)19/h1-9,12H,11,13H2,(H,24,28)(H,26,27)/b15-9+. The first-order valence-electron chi connectivity index (χ1n) is 8.42. The molecule has 0 atom stereocenters. The number of carboxylic acid groups (broad SMARTS) is 1. The maximum Gasteiger partial charge on any atom is 0.323 e. The lowest BCUT2D eigenvalue weighted by Gasteiger charge is -2.04. The molecule has 0 aliphatic rings. The molecule has 1 amide bonds. The van der Waals surface area contributed by atoms with Gasteiger partial charge in [0.25, 0.3) is 5.91 Å². The number of para-hydroxylation sites is 1. The van der Waals surface area contributed by atoms with Gasteiger partial charge in [-0.25, -0.2) is 4.39 Å². The topological polar surface area (TPSA) is 95.1 Å². The van der Waals surface area contributed by atoms with Crippen LogP contribution in [-0.4, -0.2) is 21.6 Å². The fourth-order valence-electron chi connectivity index (χ4n) is 2.90. The van der Waals surface area contributed by atoms with Gasteiger partial charge in [0.15, 0.2) is 0 Å². The van der Waals surface area contributed by atoms with Gasteiger partial charge in [-0.2, -0.15) is 5.26 Å². The second-order valence-electron chi connectivity index (χ2n) is 6.11. The average molecular weight is 377 g/mol. The van der Waals surface area contributed by atoms with Gasteiger partial charge in [0.1, 0.15) is 24.0 Å². The van der Waals surface area contributed by atoms with E-state index in [2.05, 4.69) is 5.32 Å². The quantitative estimate of drug-likeness (QED) is 0.510. The summed E-state index contributed by atoms with van der Waals surface area (Å²) in [5, 5.41) is 21.8. The SMILES string of the molecule is N#C/C(=C\c1cn(CC(=O)O)c2ccccc12)C(=O)NCc1cccc(F)c1. The van der Waals surface area contributed by atoms with Crippen LogP contribution in [0.15, 0.2) is 60.3 Å². The van der Waals surface area contributed by atoms with Crippen molar-refractivity contribution < 1.29 is 19.1 Å². The molecule has 7 heteroatoms. The van der Waals surface area contributed by atoms with Gasteiger partial charge >= 0.3 is 5.97 Å². The first-order valence-corrected chi connectivity index (χ1v) is 8.42. The number of hydrogen-bond acceptors (Lipinski definition) is 3. The van der Waals surface area contributed by atoms with Crippen LogP contribution in [0.25, 0.3) is 17.0 Å². The number of aliphatic carboxylic acids is 1. The highest BCUT2D eigenvalue weighted by Crippen LogP contribution is 2.23. The van der Waals surface area contributed by atoms with Gasteiger partial charge in [0.05, 0.1) is 0 Å². The number of halogens is 1. The van der Waals surface area contributed by atoms with Gasteiger partial charge < -0.3 is 15.0 Å². The Labute approximate surface area is 160 Å². The molecule has 2 aromatic carbocycles. The molecule has 6 nitrogen and oxygen atoms in total.